The summed E-state index contributed by atoms with van der Waals surface area (Å²) in [5.74, 6) is 0.330. The van der Waals surface area contributed by atoms with E-state index in [4.69, 9.17) is 9.15 Å². The Morgan fingerprint density at radius 2 is 2.47 bits per heavy atom. The summed E-state index contributed by atoms with van der Waals surface area (Å²) >= 11 is 0. The Bertz CT molecular complexity index is 419. The number of ether oxygens (including phenoxy) is 2. The average molecular weight is 268 g/mol. The largest absolute Gasteiger partial charge is 0.467 e. The summed E-state index contributed by atoms with van der Waals surface area (Å²) in [6.07, 6.45) is 1.61. The SMILES string of the molecule is COC(=O)c1coc(CNCC2CN(C)CCO2)c1. The lowest BCUT2D eigenvalue weighted by Gasteiger charge is -2.30. The van der Waals surface area contributed by atoms with Gasteiger partial charge in [-0.1, -0.05) is 0 Å². The summed E-state index contributed by atoms with van der Waals surface area (Å²) in [5.41, 5.74) is 0.438. The predicted octanol–water partition coefficient (Wildman–Crippen LogP) is 0.486. The minimum absolute atomic E-state index is 0.203. The summed E-state index contributed by atoms with van der Waals surface area (Å²) in [5, 5.41) is 3.26. The normalized spacial score (nSPS) is 20.4. The molecule has 1 atom stereocenters. The standard InChI is InChI=1S/C13H20N2O4/c1-15-3-4-18-12(8-15)7-14-6-11-5-10(9-19-11)13(16)17-2/h5,9,12,14H,3-4,6-8H2,1-2H3. The van der Waals surface area contributed by atoms with Gasteiger partial charge in [0.05, 0.1) is 31.9 Å². The Labute approximate surface area is 112 Å². The van der Waals surface area contributed by atoms with Gasteiger partial charge in [-0.15, -0.1) is 0 Å². The molecule has 0 aliphatic carbocycles. The molecule has 1 aliphatic heterocycles. The van der Waals surface area contributed by atoms with Crippen molar-refractivity contribution >= 4 is 5.97 Å². The molecule has 1 fully saturated rings. The number of hydrogen-bond donors (Lipinski definition) is 1. The monoisotopic (exact) mass is 268 g/mol. The van der Waals surface area contributed by atoms with Crippen LogP contribution in [0.15, 0.2) is 16.7 Å². The predicted molar refractivity (Wildman–Crippen MR) is 69.0 cm³/mol. The molecule has 6 nitrogen and oxygen atoms in total. The van der Waals surface area contributed by atoms with Gasteiger partial charge in [0, 0.05) is 19.6 Å². The third kappa shape index (κ3) is 4.05. The number of hydrogen-bond acceptors (Lipinski definition) is 6. The molecule has 1 aromatic heterocycles. The number of morpholine rings is 1. The first kappa shape index (κ1) is 14.0. The maximum absolute atomic E-state index is 11.3. The summed E-state index contributed by atoms with van der Waals surface area (Å²) in [6, 6.07) is 1.69. The van der Waals surface area contributed by atoms with Gasteiger partial charge in [0.15, 0.2) is 0 Å². The van der Waals surface area contributed by atoms with Crippen LogP contribution in [0.25, 0.3) is 0 Å². The fraction of sp³-hybridized carbons (Fsp3) is 0.615. The highest BCUT2D eigenvalue weighted by atomic mass is 16.5. The van der Waals surface area contributed by atoms with E-state index in [1.54, 1.807) is 6.07 Å². The maximum Gasteiger partial charge on any atom is 0.341 e. The van der Waals surface area contributed by atoms with Crippen molar-refractivity contribution in [1.82, 2.24) is 10.2 Å². The molecule has 0 bridgehead atoms. The van der Waals surface area contributed by atoms with E-state index in [-0.39, 0.29) is 12.1 Å². The number of esters is 1. The molecule has 1 unspecified atom stereocenters. The van der Waals surface area contributed by atoms with Crippen LogP contribution in [0.1, 0.15) is 16.1 Å². The number of furan rings is 1. The van der Waals surface area contributed by atoms with Crippen molar-refractivity contribution in [2.45, 2.75) is 12.6 Å². The van der Waals surface area contributed by atoms with Crippen molar-refractivity contribution in [2.24, 2.45) is 0 Å². The Balaban J connectivity index is 1.73. The van der Waals surface area contributed by atoms with Crippen LogP contribution < -0.4 is 5.32 Å². The van der Waals surface area contributed by atoms with Crippen LogP contribution in [0.5, 0.6) is 0 Å². The number of methoxy groups -OCH3 is 1. The Morgan fingerprint density at radius 1 is 1.63 bits per heavy atom. The molecule has 0 spiro atoms. The molecule has 0 radical (unpaired) electrons. The maximum atomic E-state index is 11.3. The number of carbonyl (C=O) groups excluding carboxylic acids is 1. The fourth-order valence-corrected chi connectivity index (χ4v) is 2.04. The van der Waals surface area contributed by atoms with Crippen LogP contribution in [0, 0.1) is 0 Å². The van der Waals surface area contributed by atoms with E-state index >= 15 is 0 Å². The van der Waals surface area contributed by atoms with Crippen LogP contribution >= 0.6 is 0 Å². The quantitative estimate of drug-likeness (QED) is 0.784. The number of nitrogens with one attached hydrogen (secondary N) is 1. The molecular weight excluding hydrogens is 248 g/mol. The second-order valence-corrected chi connectivity index (χ2v) is 4.68. The average Bonchev–Trinajstić information content (AvgIpc) is 2.87. The van der Waals surface area contributed by atoms with Gasteiger partial charge in [0.25, 0.3) is 0 Å². The van der Waals surface area contributed by atoms with Gasteiger partial charge < -0.3 is 24.1 Å². The van der Waals surface area contributed by atoms with E-state index in [9.17, 15) is 4.79 Å². The van der Waals surface area contributed by atoms with E-state index in [2.05, 4.69) is 22.0 Å². The van der Waals surface area contributed by atoms with Gasteiger partial charge in [0.2, 0.25) is 0 Å². The van der Waals surface area contributed by atoms with Gasteiger partial charge in [-0.3, -0.25) is 0 Å². The van der Waals surface area contributed by atoms with Crippen LogP contribution in [-0.4, -0.2) is 57.4 Å². The molecular formula is C13H20N2O4. The first-order chi connectivity index (χ1) is 9.19. The number of nitrogens with zero attached hydrogens (tertiary/aromatic N) is 1. The van der Waals surface area contributed by atoms with E-state index in [1.807, 2.05) is 0 Å². The highest BCUT2D eigenvalue weighted by Crippen LogP contribution is 2.09. The van der Waals surface area contributed by atoms with E-state index in [1.165, 1.54) is 13.4 Å². The van der Waals surface area contributed by atoms with Gasteiger partial charge in [0.1, 0.15) is 12.0 Å². The molecule has 2 rings (SSSR count). The molecule has 2 heterocycles. The van der Waals surface area contributed by atoms with Gasteiger partial charge >= 0.3 is 5.97 Å². The van der Waals surface area contributed by atoms with Gasteiger partial charge in [-0.05, 0) is 13.1 Å². The highest BCUT2D eigenvalue weighted by Gasteiger charge is 2.17. The summed E-state index contributed by atoms with van der Waals surface area (Å²) in [4.78, 5) is 13.5. The van der Waals surface area contributed by atoms with Crippen LogP contribution in [0.2, 0.25) is 0 Å². The van der Waals surface area contributed by atoms with Crippen molar-refractivity contribution < 1.29 is 18.7 Å². The molecule has 19 heavy (non-hydrogen) atoms. The smallest absolute Gasteiger partial charge is 0.341 e. The van der Waals surface area contributed by atoms with Gasteiger partial charge in [-0.2, -0.15) is 0 Å². The molecule has 6 heteroatoms. The molecule has 1 saturated heterocycles. The molecule has 0 amide bonds. The Kier molecular flexibility index (Phi) is 4.95. The minimum atomic E-state index is -0.382. The Hall–Kier alpha value is -1.37. The molecule has 0 aromatic carbocycles. The lowest BCUT2D eigenvalue weighted by molar-refractivity contribution is -0.0183. The summed E-state index contributed by atoms with van der Waals surface area (Å²) in [7, 11) is 3.44. The third-order valence-corrected chi connectivity index (χ3v) is 3.09. The van der Waals surface area contributed by atoms with Crippen molar-refractivity contribution in [3.63, 3.8) is 0 Å². The lowest BCUT2D eigenvalue weighted by Crippen LogP contribution is -2.44. The lowest BCUT2D eigenvalue weighted by atomic mass is 10.2. The molecule has 1 aliphatic rings. The third-order valence-electron chi connectivity index (χ3n) is 3.09. The minimum Gasteiger partial charge on any atom is -0.467 e. The molecule has 106 valence electrons. The highest BCUT2D eigenvalue weighted by molar-refractivity contribution is 5.88. The van der Waals surface area contributed by atoms with E-state index < -0.39 is 0 Å². The summed E-state index contributed by atoms with van der Waals surface area (Å²) < 4.78 is 15.5. The van der Waals surface area contributed by atoms with Crippen molar-refractivity contribution in [2.75, 3.05) is 40.4 Å². The van der Waals surface area contributed by atoms with Crippen molar-refractivity contribution in [3.05, 3.63) is 23.7 Å². The number of likely N-dealkylation sites (N-methyl/N-ethyl adjacent to an activating group) is 1. The van der Waals surface area contributed by atoms with Crippen LogP contribution in [0.4, 0.5) is 0 Å². The second-order valence-electron chi connectivity index (χ2n) is 4.68. The first-order valence-electron chi connectivity index (χ1n) is 6.35. The summed E-state index contributed by atoms with van der Waals surface area (Å²) in [6.45, 7) is 4.02. The van der Waals surface area contributed by atoms with Crippen molar-refractivity contribution in [3.8, 4) is 0 Å². The zero-order valence-corrected chi connectivity index (χ0v) is 11.3. The van der Waals surface area contributed by atoms with Crippen molar-refractivity contribution in [1.29, 1.82) is 0 Å². The van der Waals surface area contributed by atoms with E-state index in [0.717, 1.165) is 26.2 Å². The van der Waals surface area contributed by atoms with E-state index in [0.29, 0.717) is 17.9 Å². The zero-order chi connectivity index (χ0) is 13.7. The Morgan fingerprint density at radius 3 is 3.21 bits per heavy atom. The molecule has 0 saturated carbocycles. The number of carbonyl (C=O) groups is 1. The molecule has 1 N–H and O–H groups in total. The number of rotatable bonds is 5. The topological polar surface area (TPSA) is 63.9 Å². The first-order valence-corrected chi connectivity index (χ1v) is 6.35. The zero-order valence-electron chi connectivity index (χ0n) is 11.3. The second kappa shape index (κ2) is 6.70. The van der Waals surface area contributed by atoms with Gasteiger partial charge in [-0.25, -0.2) is 4.79 Å². The van der Waals surface area contributed by atoms with Crippen LogP contribution in [-0.2, 0) is 16.0 Å². The fourth-order valence-electron chi connectivity index (χ4n) is 2.04. The van der Waals surface area contributed by atoms with Crippen LogP contribution in [0.3, 0.4) is 0 Å². The molecule has 1 aromatic rings.